The van der Waals surface area contributed by atoms with Crippen molar-refractivity contribution in [3.63, 3.8) is 0 Å². The van der Waals surface area contributed by atoms with Gasteiger partial charge in [-0.25, -0.2) is 4.39 Å². The zero-order chi connectivity index (χ0) is 31.2. The third kappa shape index (κ3) is 7.52. The summed E-state index contributed by atoms with van der Waals surface area (Å²) in [7, 11) is 0. The van der Waals surface area contributed by atoms with E-state index < -0.39 is 12.0 Å². The molecule has 0 saturated carbocycles. The van der Waals surface area contributed by atoms with Crippen molar-refractivity contribution in [1.82, 2.24) is 19.6 Å². The average Bonchev–Trinajstić information content (AvgIpc) is 3.62. The van der Waals surface area contributed by atoms with Crippen LogP contribution in [0.2, 0.25) is 0 Å². The summed E-state index contributed by atoms with van der Waals surface area (Å²) in [5.41, 5.74) is 4.64. The fourth-order valence-corrected chi connectivity index (χ4v) is 7.39. The number of hydrogen-bond acceptors (Lipinski definition) is 5. The van der Waals surface area contributed by atoms with Crippen molar-refractivity contribution >= 4 is 5.97 Å². The van der Waals surface area contributed by atoms with Gasteiger partial charge in [0.05, 0.1) is 12.3 Å². The lowest BCUT2D eigenvalue weighted by Gasteiger charge is -2.35. The molecule has 0 radical (unpaired) electrons. The molecule has 8 heteroatoms. The van der Waals surface area contributed by atoms with Crippen LogP contribution in [0.5, 0.6) is 5.75 Å². The van der Waals surface area contributed by atoms with E-state index in [0.717, 1.165) is 75.4 Å². The molecule has 2 aliphatic heterocycles. The van der Waals surface area contributed by atoms with Gasteiger partial charge in [0, 0.05) is 50.1 Å². The number of carboxylic acid groups (broad SMARTS) is 1. The number of hydrogen-bond donors (Lipinski definition) is 1. The van der Waals surface area contributed by atoms with Crippen LogP contribution in [-0.2, 0) is 17.8 Å². The lowest BCUT2D eigenvalue weighted by atomic mass is 9.87. The molecule has 0 bridgehead atoms. The first kappa shape index (κ1) is 32.2. The summed E-state index contributed by atoms with van der Waals surface area (Å²) in [6.45, 7) is 14.0. The summed E-state index contributed by atoms with van der Waals surface area (Å²) in [5.74, 6) is 0.793. The van der Waals surface area contributed by atoms with Gasteiger partial charge in [-0.15, -0.1) is 0 Å². The fourth-order valence-electron chi connectivity index (χ4n) is 7.39. The third-order valence-corrected chi connectivity index (χ3v) is 9.85. The maximum atomic E-state index is 14.3. The van der Waals surface area contributed by atoms with Gasteiger partial charge in [0.15, 0.2) is 0 Å². The quantitative estimate of drug-likeness (QED) is 0.243. The molecule has 7 nitrogen and oxygen atoms in total. The number of aliphatic carboxylic acids is 1. The van der Waals surface area contributed by atoms with E-state index in [2.05, 4.69) is 46.5 Å². The molecule has 1 aromatic heterocycles. The van der Waals surface area contributed by atoms with E-state index in [1.807, 2.05) is 32.0 Å². The lowest BCUT2D eigenvalue weighted by Crippen LogP contribution is -2.45. The van der Waals surface area contributed by atoms with E-state index in [-0.39, 0.29) is 23.6 Å². The third-order valence-electron chi connectivity index (χ3n) is 9.85. The first-order chi connectivity index (χ1) is 21.3. The summed E-state index contributed by atoms with van der Waals surface area (Å²) in [6.07, 6.45) is 3.76. The summed E-state index contributed by atoms with van der Waals surface area (Å²) in [4.78, 5) is 17.0. The SMILES string of the molecule is CCOc1ccc(Cc2cc(C3CCN(C[C@H]4CN([C@@H](C(=O)O)[C@@H](C)CC)C[C@@H]4c4cccc(F)c4)CC3)n(CC)n2)cc1. The van der Waals surface area contributed by atoms with Gasteiger partial charge < -0.3 is 14.7 Å². The zero-order valence-electron chi connectivity index (χ0n) is 26.8. The summed E-state index contributed by atoms with van der Waals surface area (Å²) < 4.78 is 22.0. The van der Waals surface area contributed by atoms with Gasteiger partial charge in [0.2, 0.25) is 0 Å². The predicted molar refractivity (Wildman–Crippen MR) is 172 cm³/mol. The second kappa shape index (κ2) is 14.7. The second-order valence-corrected chi connectivity index (χ2v) is 12.7. The number of aryl methyl sites for hydroxylation is 1. The normalized spacial score (nSPS) is 21.4. The standard InChI is InChI=1S/C36H49FN4O3/c1-5-25(4)35(36(42)43)40-23-29(33(24-40)28-9-8-10-30(37)20-28)22-39-17-15-27(16-18-39)34-21-31(38-41(34)6-2)19-26-11-13-32(14-12-26)44-7-3/h8-14,20-21,25,27,29,33,35H,5-7,15-19,22-24H2,1-4H3,(H,42,43)/t25-,29-,33+,35+/m0/s1. The van der Waals surface area contributed by atoms with Gasteiger partial charge in [-0.3, -0.25) is 14.4 Å². The number of likely N-dealkylation sites (tertiary alicyclic amines) is 2. The Morgan fingerprint density at radius 2 is 1.82 bits per heavy atom. The van der Waals surface area contributed by atoms with Crippen LogP contribution in [0.1, 0.15) is 81.3 Å². The molecule has 5 rings (SSSR count). The van der Waals surface area contributed by atoms with E-state index in [0.29, 0.717) is 19.1 Å². The molecule has 2 aromatic carbocycles. The molecule has 2 saturated heterocycles. The number of carbonyl (C=O) groups is 1. The highest BCUT2D eigenvalue weighted by atomic mass is 19.1. The smallest absolute Gasteiger partial charge is 0.321 e. The minimum absolute atomic E-state index is 0.0536. The molecule has 2 aliphatic rings. The topological polar surface area (TPSA) is 70.8 Å². The average molecular weight is 605 g/mol. The number of piperidine rings is 1. The van der Waals surface area contributed by atoms with Crippen molar-refractivity contribution in [1.29, 1.82) is 0 Å². The molecule has 0 aliphatic carbocycles. The van der Waals surface area contributed by atoms with Crippen molar-refractivity contribution in [2.24, 2.45) is 11.8 Å². The van der Waals surface area contributed by atoms with E-state index in [1.165, 1.54) is 17.3 Å². The van der Waals surface area contributed by atoms with Crippen LogP contribution in [0.15, 0.2) is 54.6 Å². The monoisotopic (exact) mass is 604 g/mol. The summed E-state index contributed by atoms with van der Waals surface area (Å²) in [5, 5.41) is 15.1. The molecule has 0 unspecified atom stereocenters. The highest BCUT2D eigenvalue weighted by molar-refractivity contribution is 5.74. The van der Waals surface area contributed by atoms with Crippen LogP contribution in [0.4, 0.5) is 4.39 Å². The molecule has 44 heavy (non-hydrogen) atoms. The summed E-state index contributed by atoms with van der Waals surface area (Å²) in [6, 6.07) is 17.0. The second-order valence-electron chi connectivity index (χ2n) is 12.7. The summed E-state index contributed by atoms with van der Waals surface area (Å²) >= 11 is 0. The Bertz CT molecular complexity index is 1370. The van der Waals surface area contributed by atoms with Gasteiger partial charge in [-0.05, 0) is 93.1 Å². The minimum Gasteiger partial charge on any atom is -0.494 e. The number of rotatable bonds is 13. The van der Waals surface area contributed by atoms with Crippen LogP contribution >= 0.6 is 0 Å². The number of halogens is 1. The number of nitrogens with zero attached hydrogens (tertiary/aromatic N) is 4. The largest absolute Gasteiger partial charge is 0.494 e. The van der Waals surface area contributed by atoms with Gasteiger partial charge in [-0.2, -0.15) is 5.10 Å². The van der Waals surface area contributed by atoms with Crippen LogP contribution in [0.3, 0.4) is 0 Å². The maximum absolute atomic E-state index is 14.3. The highest BCUT2D eigenvalue weighted by Gasteiger charge is 2.42. The molecular weight excluding hydrogens is 555 g/mol. The molecule has 238 valence electrons. The number of ether oxygens (including phenoxy) is 1. The molecule has 0 amide bonds. The predicted octanol–water partition coefficient (Wildman–Crippen LogP) is 6.43. The van der Waals surface area contributed by atoms with Crippen molar-refractivity contribution in [3.8, 4) is 5.75 Å². The fraction of sp³-hybridized carbons (Fsp3) is 0.556. The van der Waals surface area contributed by atoms with Gasteiger partial charge in [0.25, 0.3) is 0 Å². The number of carboxylic acids is 1. The Morgan fingerprint density at radius 3 is 2.45 bits per heavy atom. The minimum atomic E-state index is -0.756. The number of benzene rings is 2. The molecule has 0 spiro atoms. The Hall–Kier alpha value is -3.23. The first-order valence-corrected chi connectivity index (χ1v) is 16.5. The van der Waals surface area contributed by atoms with Crippen LogP contribution < -0.4 is 4.74 Å². The van der Waals surface area contributed by atoms with Crippen LogP contribution in [0, 0.1) is 17.7 Å². The Labute approximate surface area is 262 Å². The Kier molecular flexibility index (Phi) is 10.7. The van der Waals surface area contributed by atoms with Crippen LogP contribution in [0.25, 0.3) is 0 Å². The molecular formula is C36H49FN4O3. The zero-order valence-corrected chi connectivity index (χ0v) is 26.8. The Morgan fingerprint density at radius 1 is 1.07 bits per heavy atom. The van der Waals surface area contributed by atoms with Crippen molar-refractivity contribution in [3.05, 3.63) is 82.9 Å². The number of aromatic nitrogens is 2. The Balaban J connectivity index is 1.24. The molecule has 2 fully saturated rings. The molecule has 3 heterocycles. The van der Waals surface area contributed by atoms with E-state index >= 15 is 0 Å². The van der Waals surface area contributed by atoms with Gasteiger partial charge in [0.1, 0.15) is 17.6 Å². The lowest BCUT2D eigenvalue weighted by molar-refractivity contribution is -0.145. The molecule has 4 atom stereocenters. The maximum Gasteiger partial charge on any atom is 0.321 e. The first-order valence-electron chi connectivity index (χ1n) is 16.5. The van der Waals surface area contributed by atoms with Crippen molar-refractivity contribution in [2.45, 2.75) is 77.8 Å². The molecule has 3 aromatic rings. The molecule has 1 N–H and O–H groups in total. The van der Waals surface area contributed by atoms with Gasteiger partial charge >= 0.3 is 5.97 Å². The highest BCUT2D eigenvalue weighted by Crippen LogP contribution is 2.38. The van der Waals surface area contributed by atoms with E-state index in [9.17, 15) is 14.3 Å². The van der Waals surface area contributed by atoms with Crippen molar-refractivity contribution in [2.75, 3.05) is 39.3 Å². The van der Waals surface area contributed by atoms with E-state index in [4.69, 9.17) is 9.84 Å². The van der Waals surface area contributed by atoms with E-state index in [1.54, 1.807) is 12.1 Å². The van der Waals surface area contributed by atoms with Crippen LogP contribution in [-0.4, -0.2) is 76.0 Å². The van der Waals surface area contributed by atoms with Crippen molar-refractivity contribution < 1.29 is 19.0 Å². The van der Waals surface area contributed by atoms with Gasteiger partial charge in [-0.1, -0.05) is 44.5 Å².